The minimum atomic E-state index is 0.250. The summed E-state index contributed by atoms with van der Waals surface area (Å²) in [6, 6.07) is 0. The van der Waals surface area contributed by atoms with Crippen molar-refractivity contribution in [1.29, 1.82) is 0 Å². The van der Waals surface area contributed by atoms with Crippen molar-refractivity contribution in [3.63, 3.8) is 0 Å². The second-order valence-electron chi connectivity index (χ2n) is 4.59. The monoisotopic (exact) mass is 242 g/mol. The summed E-state index contributed by atoms with van der Waals surface area (Å²) >= 11 is 0. The molecule has 0 radical (unpaired) electrons. The van der Waals surface area contributed by atoms with E-state index < -0.39 is 0 Å². The lowest BCUT2D eigenvalue weighted by atomic mass is 10.2. The number of ether oxygens (including phenoxy) is 1. The fourth-order valence-electron chi connectivity index (χ4n) is 2.26. The van der Waals surface area contributed by atoms with Crippen LogP contribution in [0.3, 0.4) is 0 Å². The molecule has 2 rings (SSSR count). The molecule has 0 spiro atoms. The van der Waals surface area contributed by atoms with E-state index in [0.717, 1.165) is 32.5 Å². The highest BCUT2D eigenvalue weighted by Gasteiger charge is 2.35. The molecule has 2 saturated heterocycles. The van der Waals surface area contributed by atoms with E-state index >= 15 is 0 Å². The number of amides is 1. The molecule has 17 heavy (non-hydrogen) atoms. The number of carbonyl (C=O) groups is 1. The lowest BCUT2D eigenvalue weighted by Crippen LogP contribution is -2.48. The van der Waals surface area contributed by atoms with Gasteiger partial charge in [0.15, 0.2) is 0 Å². The van der Waals surface area contributed by atoms with Gasteiger partial charge >= 0.3 is 0 Å². The van der Waals surface area contributed by atoms with Gasteiger partial charge in [0, 0.05) is 13.1 Å². The molecule has 2 aliphatic heterocycles. The molecule has 100 valence electrons. The smallest absolute Gasteiger partial charge is 0.236 e. The molecule has 2 heterocycles. The number of nitrogens with zero attached hydrogens (tertiary/aromatic N) is 2. The van der Waals surface area contributed by atoms with Crippen molar-refractivity contribution in [2.24, 2.45) is 0 Å². The Kier molecular flexibility index (Phi) is 5.92. The van der Waals surface area contributed by atoms with E-state index in [9.17, 15) is 4.79 Å². The Balaban J connectivity index is 0.000000686. The Bertz CT molecular complexity index is 234. The lowest BCUT2D eigenvalue weighted by Gasteiger charge is -2.33. The molecular weight excluding hydrogens is 216 g/mol. The maximum Gasteiger partial charge on any atom is 0.236 e. The Hall–Kier alpha value is -0.610. The molecule has 4 nitrogen and oxygen atoms in total. The highest BCUT2D eigenvalue weighted by Crippen LogP contribution is 2.26. The first kappa shape index (κ1) is 14.5. The number of hydrogen-bond donors (Lipinski definition) is 0. The Morgan fingerprint density at radius 3 is 2.29 bits per heavy atom. The average Bonchev–Trinajstić information content (AvgIpc) is 2.70. The zero-order valence-electron chi connectivity index (χ0n) is 11.6. The van der Waals surface area contributed by atoms with Crippen molar-refractivity contribution in [1.82, 2.24) is 9.80 Å². The van der Waals surface area contributed by atoms with Gasteiger partial charge in [-0.3, -0.25) is 9.69 Å². The Labute approximate surface area is 105 Å². The zero-order chi connectivity index (χ0) is 12.8. The third-order valence-electron chi connectivity index (χ3n) is 3.34. The number of carbonyl (C=O) groups excluding carboxylic acids is 1. The maximum absolute atomic E-state index is 11.9. The molecule has 0 aromatic rings. The van der Waals surface area contributed by atoms with Gasteiger partial charge in [-0.25, -0.2) is 0 Å². The average molecular weight is 242 g/mol. The summed E-state index contributed by atoms with van der Waals surface area (Å²) in [5.41, 5.74) is 0. The van der Waals surface area contributed by atoms with E-state index in [1.807, 2.05) is 30.7 Å². The molecule has 2 fully saturated rings. The number of fused-ring (bicyclic) bond motifs is 2. The van der Waals surface area contributed by atoms with E-state index in [4.69, 9.17) is 4.74 Å². The highest BCUT2D eigenvalue weighted by molar-refractivity contribution is 5.78. The second-order valence-corrected chi connectivity index (χ2v) is 4.59. The molecule has 2 unspecified atom stereocenters. The number of rotatable bonds is 3. The van der Waals surface area contributed by atoms with Crippen molar-refractivity contribution in [3.05, 3.63) is 0 Å². The predicted octanol–water partition coefficient (Wildman–Crippen LogP) is 1.35. The molecule has 2 atom stereocenters. The number of likely N-dealkylation sites (N-methyl/N-ethyl adjacent to an activating group) is 1. The van der Waals surface area contributed by atoms with Gasteiger partial charge in [0.2, 0.25) is 5.91 Å². The van der Waals surface area contributed by atoms with Crippen molar-refractivity contribution in [3.8, 4) is 0 Å². The summed E-state index contributed by atoms with van der Waals surface area (Å²) in [6.07, 6.45) is 2.86. The molecule has 0 aliphatic carbocycles. The fraction of sp³-hybridized carbons (Fsp3) is 0.923. The van der Waals surface area contributed by atoms with Crippen molar-refractivity contribution >= 4 is 5.91 Å². The van der Waals surface area contributed by atoms with Gasteiger partial charge in [-0.15, -0.1) is 0 Å². The van der Waals surface area contributed by atoms with Gasteiger partial charge in [0.25, 0.3) is 0 Å². The summed E-state index contributed by atoms with van der Waals surface area (Å²) in [6.45, 7) is 9.12. The number of hydrogen-bond acceptors (Lipinski definition) is 3. The summed E-state index contributed by atoms with van der Waals surface area (Å²) in [5, 5.41) is 0. The quantitative estimate of drug-likeness (QED) is 0.749. The molecule has 2 bridgehead atoms. The van der Waals surface area contributed by atoms with Gasteiger partial charge in [-0.2, -0.15) is 0 Å². The predicted molar refractivity (Wildman–Crippen MR) is 69.0 cm³/mol. The summed E-state index contributed by atoms with van der Waals surface area (Å²) in [4.78, 5) is 15.9. The van der Waals surface area contributed by atoms with Crippen LogP contribution in [0.1, 0.15) is 33.6 Å². The largest absolute Gasteiger partial charge is 0.371 e. The van der Waals surface area contributed by atoms with Crippen molar-refractivity contribution in [2.75, 3.05) is 33.2 Å². The number of likely N-dealkylation sites (tertiary alicyclic amines) is 1. The van der Waals surface area contributed by atoms with Crippen LogP contribution in [-0.4, -0.2) is 61.1 Å². The van der Waals surface area contributed by atoms with Crippen LogP contribution in [-0.2, 0) is 9.53 Å². The van der Waals surface area contributed by atoms with Gasteiger partial charge < -0.3 is 9.64 Å². The SMILES string of the molecule is CC.CCN(C)CC(=O)N1CC2CCC(C1)O2. The van der Waals surface area contributed by atoms with Crippen LogP contribution in [0.4, 0.5) is 0 Å². The zero-order valence-corrected chi connectivity index (χ0v) is 11.6. The third-order valence-corrected chi connectivity index (χ3v) is 3.34. The van der Waals surface area contributed by atoms with Crippen LogP contribution in [0, 0.1) is 0 Å². The standard InChI is InChI=1S/C11H20N2O2.C2H6/c1-3-12(2)8-11(14)13-6-9-4-5-10(7-13)15-9;1-2/h9-10H,3-8H2,1-2H3;1-2H3. The molecule has 0 N–H and O–H groups in total. The topological polar surface area (TPSA) is 32.8 Å². The summed E-state index contributed by atoms with van der Waals surface area (Å²) in [5.74, 6) is 0.250. The second kappa shape index (κ2) is 6.97. The first-order valence-electron chi connectivity index (χ1n) is 6.80. The first-order chi connectivity index (χ1) is 8.19. The van der Waals surface area contributed by atoms with E-state index in [1.165, 1.54) is 0 Å². The van der Waals surface area contributed by atoms with Crippen LogP contribution in [0.5, 0.6) is 0 Å². The van der Waals surface area contributed by atoms with E-state index in [-0.39, 0.29) is 5.91 Å². The molecule has 0 aromatic heterocycles. The van der Waals surface area contributed by atoms with Crippen LogP contribution in [0.2, 0.25) is 0 Å². The summed E-state index contributed by atoms with van der Waals surface area (Å²) in [7, 11) is 1.98. The maximum atomic E-state index is 11.9. The van der Waals surface area contributed by atoms with Crippen LogP contribution < -0.4 is 0 Å². The fourth-order valence-corrected chi connectivity index (χ4v) is 2.26. The number of morpholine rings is 1. The van der Waals surface area contributed by atoms with Crippen LogP contribution in [0.15, 0.2) is 0 Å². The highest BCUT2D eigenvalue weighted by atomic mass is 16.5. The van der Waals surface area contributed by atoms with Crippen molar-refractivity contribution in [2.45, 2.75) is 45.8 Å². The molecule has 2 aliphatic rings. The minimum absolute atomic E-state index is 0.250. The van der Waals surface area contributed by atoms with Gasteiger partial charge in [0.05, 0.1) is 18.8 Å². The van der Waals surface area contributed by atoms with Crippen LogP contribution in [0.25, 0.3) is 0 Å². The van der Waals surface area contributed by atoms with E-state index in [0.29, 0.717) is 18.8 Å². The summed E-state index contributed by atoms with van der Waals surface area (Å²) < 4.78 is 5.70. The normalized spacial score (nSPS) is 26.8. The van der Waals surface area contributed by atoms with Gasteiger partial charge in [-0.1, -0.05) is 20.8 Å². The van der Waals surface area contributed by atoms with E-state index in [1.54, 1.807) is 0 Å². The molecule has 0 saturated carbocycles. The van der Waals surface area contributed by atoms with Crippen molar-refractivity contribution < 1.29 is 9.53 Å². The lowest BCUT2D eigenvalue weighted by molar-refractivity contribution is -0.140. The molecule has 4 heteroatoms. The molecular formula is C13H26N2O2. The Morgan fingerprint density at radius 2 is 1.82 bits per heavy atom. The Morgan fingerprint density at radius 1 is 1.29 bits per heavy atom. The molecule has 1 amide bonds. The van der Waals surface area contributed by atoms with Gasteiger partial charge in [-0.05, 0) is 26.4 Å². The first-order valence-corrected chi connectivity index (χ1v) is 6.80. The third kappa shape index (κ3) is 3.96. The van der Waals surface area contributed by atoms with Gasteiger partial charge in [0.1, 0.15) is 0 Å². The molecule has 0 aromatic carbocycles. The van der Waals surface area contributed by atoms with Crippen LogP contribution >= 0.6 is 0 Å². The van der Waals surface area contributed by atoms with E-state index in [2.05, 4.69) is 6.92 Å². The minimum Gasteiger partial charge on any atom is -0.371 e.